The maximum absolute atomic E-state index is 11.2. The Bertz CT molecular complexity index is 1450. The Hall–Kier alpha value is -3.44. The molecule has 2 aliphatic rings. The Morgan fingerprint density at radius 3 is 1.69 bits per heavy atom. The maximum atomic E-state index is 11.2. The van der Waals surface area contributed by atoms with Crippen LogP contribution in [0.1, 0.15) is 17.2 Å². The zero-order chi connectivity index (χ0) is 24.1. The first kappa shape index (κ1) is 21.8. The average Bonchev–Trinajstić information content (AvgIpc) is 3.43. The van der Waals surface area contributed by atoms with Gasteiger partial charge in [-0.2, -0.15) is 0 Å². The molecule has 5 aromatic rings. The molecule has 0 radical (unpaired) electrons. The third-order valence-corrected chi connectivity index (χ3v) is 8.12. The number of nitrogens with zero attached hydrogens (tertiary/aromatic N) is 3. The minimum atomic E-state index is -0.413. The molecule has 2 heterocycles. The number of benzene rings is 4. The largest absolute Gasteiger partial charge is 0.390 e. The number of hydrogen-bond donors (Lipinski definition) is 1. The zero-order valence-corrected chi connectivity index (χ0v) is 20.4. The predicted octanol–water partition coefficient (Wildman–Crippen LogP) is 5.54. The van der Waals surface area contributed by atoms with Crippen molar-refractivity contribution < 1.29 is 5.11 Å². The number of aliphatic hydroxyl groups is 1. The van der Waals surface area contributed by atoms with Crippen molar-refractivity contribution in [3.8, 4) is 11.1 Å². The summed E-state index contributed by atoms with van der Waals surface area (Å²) in [5.74, 6) is 0. The van der Waals surface area contributed by atoms with E-state index in [9.17, 15) is 5.11 Å². The number of piperazine rings is 1. The van der Waals surface area contributed by atoms with Crippen molar-refractivity contribution >= 4 is 21.8 Å². The summed E-state index contributed by atoms with van der Waals surface area (Å²) >= 11 is 0. The van der Waals surface area contributed by atoms with Crippen LogP contribution >= 0.6 is 0 Å². The van der Waals surface area contributed by atoms with Crippen molar-refractivity contribution in [2.45, 2.75) is 18.7 Å². The fraction of sp³-hybridized carbons (Fsp3) is 0.250. The van der Waals surface area contributed by atoms with Gasteiger partial charge >= 0.3 is 0 Å². The molecule has 0 saturated carbocycles. The van der Waals surface area contributed by atoms with Crippen LogP contribution in [0.15, 0.2) is 97.1 Å². The van der Waals surface area contributed by atoms with Crippen LogP contribution < -0.4 is 0 Å². The van der Waals surface area contributed by atoms with Crippen LogP contribution in [-0.4, -0.2) is 58.3 Å². The minimum Gasteiger partial charge on any atom is -0.390 e. The summed E-state index contributed by atoms with van der Waals surface area (Å²) in [5.41, 5.74) is 8.00. The number of hydrogen-bond acceptors (Lipinski definition) is 3. The first-order valence-electron chi connectivity index (χ1n) is 13.1. The SMILES string of the molecule is O[C@@H](CN1CCN(C2c3ccccc3-c3ccccc32)CC1)Cn1c2ccccc2c2ccccc21. The molecular weight excluding hydrogens is 442 g/mol. The van der Waals surface area contributed by atoms with Gasteiger partial charge in [0.05, 0.1) is 18.7 Å². The molecule has 180 valence electrons. The van der Waals surface area contributed by atoms with Gasteiger partial charge in [0, 0.05) is 54.5 Å². The summed E-state index contributed by atoms with van der Waals surface area (Å²) in [6.07, 6.45) is -0.413. The molecule has 1 saturated heterocycles. The highest BCUT2D eigenvalue weighted by atomic mass is 16.3. The van der Waals surface area contributed by atoms with Gasteiger partial charge in [0.15, 0.2) is 0 Å². The van der Waals surface area contributed by atoms with Crippen molar-refractivity contribution in [2.75, 3.05) is 32.7 Å². The molecule has 0 bridgehead atoms. The second kappa shape index (κ2) is 8.90. The number of rotatable bonds is 5. The number of β-amino-alcohol motifs (C(OH)–C–C–N with tert-alkyl or cyclic N) is 1. The highest BCUT2D eigenvalue weighted by Crippen LogP contribution is 2.46. The van der Waals surface area contributed by atoms with Gasteiger partial charge in [-0.25, -0.2) is 0 Å². The van der Waals surface area contributed by atoms with Gasteiger partial charge in [0.1, 0.15) is 0 Å². The second-order valence-electron chi connectivity index (χ2n) is 10.2. The smallest absolute Gasteiger partial charge is 0.0845 e. The molecular formula is C32H31N3O. The molecule has 4 nitrogen and oxygen atoms in total. The molecule has 0 spiro atoms. The lowest BCUT2D eigenvalue weighted by atomic mass is 10.0. The van der Waals surface area contributed by atoms with Crippen LogP contribution in [0.3, 0.4) is 0 Å². The van der Waals surface area contributed by atoms with E-state index in [-0.39, 0.29) is 0 Å². The molecule has 1 aliphatic heterocycles. The third kappa shape index (κ3) is 3.56. The van der Waals surface area contributed by atoms with Crippen LogP contribution in [0.2, 0.25) is 0 Å². The van der Waals surface area contributed by atoms with Gasteiger partial charge in [0.25, 0.3) is 0 Å². The van der Waals surface area contributed by atoms with Crippen molar-refractivity contribution in [3.63, 3.8) is 0 Å². The van der Waals surface area contributed by atoms with E-state index in [1.165, 1.54) is 44.1 Å². The predicted molar refractivity (Wildman–Crippen MR) is 147 cm³/mol. The zero-order valence-electron chi connectivity index (χ0n) is 20.4. The summed E-state index contributed by atoms with van der Waals surface area (Å²) < 4.78 is 2.29. The summed E-state index contributed by atoms with van der Waals surface area (Å²) in [6, 6.07) is 35.1. The van der Waals surface area contributed by atoms with E-state index in [4.69, 9.17) is 0 Å². The summed E-state index contributed by atoms with van der Waals surface area (Å²) in [6.45, 7) is 5.28. The highest BCUT2D eigenvalue weighted by Gasteiger charge is 2.34. The second-order valence-corrected chi connectivity index (χ2v) is 10.2. The molecule has 7 rings (SSSR count). The maximum Gasteiger partial charge on any atom is 0.0845 e. The molecule has 1 fully saturated rings. The molecule has 0 amide bonds. The van der Waals surface area contributed by atoms with E-state index in [1.807, 2.05) is 0 Å². The van der Waals surface area contributed by atoms with E-state index in [0.29, 0.717) is 19.1 Å². The Morgan fingerprint density at radius 2 is 1.11 bits per heavy atom. The van der Waals surface area contributed by atoms with Crippen LogP contribution in [0.5, 0.6) is 0 Å². The summed E-state index contributed by atoms with van der Waals surface area (Å²) in [7, 11) is 0. The van der Waals surface area contributed by atoms with Crippen LogP contribution in [0.4, 0.5) is 0 Å². The van der Waals surface area contributed by atoms with E-state index in [0.717, 1.165) is 26.2 Å². The minimum absolute atomic E-state index is 0.335. The van der Waals surface area contributed by atoms with Gasteiger partial charge in [-0.1, -0.05) is 84.9 Å². The van der Waals surface area contributed by atoms with Gasteiger partial charge in [-0.15, -0.1) is 0 Å². The lowest BCUT2D eigenvalue weighted by molar-refractivity contribution is 0.0571. The lowest BCUT2D eigenvalue weighted by Gasteiger charge is -2.39. The summed E-state index contributed by atoms with van der Waals surface area (Å²) in [5, 5.41) is 13.7. The van der Waals surface area contributed by atoms with E-state index in [1.54, 1.807) is 0 Å². The van der Waals surface area contributed by atoms with Crippen LogP contribution in [0, 0.1) is 0 Å². The first-order chi connectivity index (χ1) is 17.8. The fourth-order valence-corrected chi connectivity index (χ4v) is 6.49. The topological polar surface area (TPSA) is 31.6 Å². The first-order valence-corrected chi connectivity index (χ1v) is 13.1. The normalized spacial score (nSPS) is 17.5. The number of aliphatic hydroxyl groups excluding tert-OH is 1. The highest BCUT2D eigenvalue weighted by molar-refractivity contribution is 6.07. The van der Waals surface area contributed by atoms with Gasteiger partial charge < -0.3 is 9.67 Å². The Labute approximate surface area is 212 Å². The number of fused-ring (bicyclic) bond motifs is 6. The van der Waals surface area contributed by atoms with Crippen LogP contribution in [0.25, 0.3) is 32.9 Å². The number of aromatic nitrogens is 1. The molecule has 4 aromatic carbocycles. The van der Waals surface area contributed by atoms with Gasteiger partial charge in [0.2, 0.25) is 0 Å². The lowest BCUT2D eigenvalue weighted by Crippen LogP contribution is -2.49. The molecule has 0 unspecified atom stereocenters. The Kier molecular flexibility index (Phi) is 5.39. The molecule has 1 aliphatic carbocycles. The standard InChI is InChI=1S/C32H31N3O/c36-23(22-35-30-15-7-5-11-26(30)27-12-6-8-16-31(27)35)21-33-17-19-34(20-18-33)32-28-13-3-1-9-24(28)25-10-2-4-14-29(25)32/h1-16,23,32,36H,17-22H2/t23-/m0/s1. The van der Waals surface area contributed by atoms with Gasteiger partial charge in [-0.3, -0.25) is 9.80 Å². The monoisotopic (exact) mass is 473 g/mol. The Morgan fingerprint density at radius 1 is 0.611 bits per heavy atom. The van der Waals surface area contributed by atoms with Crippen molar-refractivity contribution in [1.82, 2.24) is 14.4 Å². The third-order valence-electron chi connectivity index (χ3n) is 8.12. The number of para-hydroxylation sites is 2. The fourth-order valence-electron chi connectivity index (χ4n) is 6.49. The summed E-state index contributed by atoms with van der Waals surface area (Å²) in [4.78, 5) is 5.06. The molecule has 4 heteroatoms. The van der Waals surface area contributed by atoms with Crippen molar-refractivity contribution in [2.24, 2.45) is 0 Å². The van der Waals surface area contributed by atoms with Crippen molar-refractivity contribution in [1.29, 1.82) is 0 Å². The molecule has 36 heavy (non-hydrogen) atoms. The average molecular weight is 474 g/mol. The molecule has 1 N–H and O–H groups in total. The molecule has 1 aromatic heterocycles. The van der Waals surface area contributed by atoms with Gasteiger partial charge in [-0.05, 0) is 34.4 Å². The quantitative estimate of drug-likeness (QED) is 0.364. The van der Waals surface area contributed by atoms with Crippen LogP contribution in [-0.2, 0) is 6.54 Å². The van der Waals surface area contributed by atoms with E-state index in [2.05, 4.69) is 111 Å². The van der Waals surface area contributed by atoms with E-state index >= 15 is 0 Å². The van der Waals surface area contributed by atoms with E-state index < -0.39 is 6.10 Å². The molecule has 1 atom stereocenters. The Balaban J connectivity index is 1.06. The van der Waals surface area contributed by atoms with Crippen molar-refractivity contribution in [3.05, 3.63) is 108 Å².